The zero-order valence-corrected chi connectivity index (χ0v) is 17.5. The molecule has 0 unspecified atom stereocenters. The summed E-state index contributed by atoms with van der Waals surface area (Å²) in [6.07, 6.45) is 11.2. The van der Waals surface area contributed by atoms with Gasteiger partial charge in [0.05, 0.1) is 12.2 Å². The molecular weight excluding hydrogens is 352 g/mol. The highest BCUT2D eigenvalue weighted by Gasteiger charge is 2.61. The maximum atomic E-state index is 11.3. The van der Waals surface area contributed by atoms with Gasteiger partial charge < -0.3 is 10.2 Å². The number of aliphatic hydroxyl groups is 2. The summed E-state index contributed by atoms with van der Waals surface area (Å²) in [5.74, 6) is 2.88. The van der Waals surface area contributed by atoms with Crippen LogP contribution in [0.4, 0.5) is 0 Å². The predicted molar refractivity (Wildman–Crippen MR) is 111 cm³/mol. The molecule has 0 bridgehead atoms. The number of thiophene rings is 1. The smallest absolute Gasteiger partial charge is 0.0810 e. The highest BCUT2D eigenvalue weighted by atomic mass is 32.1. The van der Waals surface area contributed by atoms with Crippen molar-refractivity contribution in [2.45, 2.75) is 77.4 Å². The van der Waals surface area contributed by atoms with Crippen LogP contribution in [0.5, 0.6) is 0 Å². The molecule has 1 aromatic heterocycles. The van der Waals surface area contributed by atoms with Crippen LogP contribution in [0.25, 0.3) is 6.08 Å². The first-order valence-corrected chi connectivity index (χ1v) is 11.9. The molecule has 5 rings (SSSR count). The Morgan fingerprint density at radius 3 is 2.63 bits per heavy atom. The molecule has 4 fully saturated rings. The summed E-state index contributed by atoms with van der Waals surface area (Å²) in [7, 11) is 0. The zero-order valence-electron chi connectivity index (χ0n) is 16.7. The third-order valence-electron chi connectivity index (χ3n) is 9.38. The lowest BCUT2D eigenvalue weighted by atomic mass is 9.45. The Hall–Kier alpha value is -0.640. The third-order valence-corrected chi connectivity index (χ3v) is 10.2. The van der Waals surface area contributed by atoms with E-state index in [9.17, 15) is 10.2 Å². The van der Waals surface area contributed by atoms with Gasteiger partial charge in [-0.1, -0.05) is 19.9 Å². The van der Waals surface area contributed by atoms with Gasteiger partial charge in [-0.25, -0.2) is 0 Å². The molecule has 2 N–H and O–H groups in total. The predicted octanol–water partition coefficient (Wildman–Crippen LogP) is 5.51. The average molecular weight is 387 g/mol. The largest absolute Gasteiger partial charge is 0.393 e. The molecule has 2 nitrogen and oxygen atoms in total. The fourth-order valence-electron chi connectivity index (χ4n) is 7.79. The van der Waals surface area contributed by atoms with E-state index in [2.05, 4.69) is 37.4 Å². The van der Waals surface area contributed by atoms with Crippen LogP contribution in [0.2, 0.25) is 0 Å². The van der Waals surface area contributed by atoms with Crippen molar-refractivity contribution in [3.63, 3.8) is 0 Å². The molecule has 0 saturated heterocycles. The average Bonchev–Trinajstić information content (AvgIpc) is 3.24. The van der Waals surface area contributed by atoms with Crippen LogP contribution in [0.3, 0.4) is 0 Å². The van der Waals surface area contributed by atoms with Crippen molar-refractivity contribution in [1.82, 2.24) is 0 Å². The van der Waals surface area contributed by atoms with E-state index < -0.39 is 0 Å². The van der Waals surface area contributed by atoms with Crippen molar-refractivity contribution >= 4 is 17.4 Å². The molecule has 27 heavy (non-hydrogen) atoms. The van der Waals surface area contributed by atoms with Crippen LogP contribution in [0.15, 0.2) is 23.1 Å². The normalized spacial score (nSPS) is 50.9. The molecule has 3 heteroatoms. The van der Waals surface area contributed by atoms with Crippen molar-refractivity contribution in [2.24, 2.45) is 34.5 Å². The number of hydrogen-bond donors (Lipinski definition) is 2. The Morgan fingerprint density at radius 2 is 1.85 bits per heavy atom. The maximum Gasteiger partial charge on any atom is 0.0810 e. The van der Waals surface area contributed by atoms with Gasteiger partial charge in [0.25, 0.3) is 0 Å². The second kappa shape index (κ2) is 6.43. The molecule has 8 atom stereocenters. The summed E-state index contributed by atoms with van der Waals surface area (Å²) >= 11 is 1.77. The van der Waals surface area contributed by atoms with Gasteiger partial charge in [-0.3, -0.25) is 0 Å². The molecule has 0 aliphatic heterocycles. The Kier molecular flexibility index (Phi) is 4.38. The first-order chi connectivity index (χ1) is 12.9. The van der Waals surface area contributed by atoms with E-state index >= 15 is 0 Å². The van der Waals surface area contributed by atoms with Gasteiger partial charge in [0.2, 0.25) is 0 Å². The number of fused-ring (bicyclic) bond motifs is 5. The number of hydrogen-bond acceptors (Lipinski definition) is 3. The Balaban J connectivity index is 1.45. The van der Waals surface area contributed by atoms with Gasteiger partial charge in [0, 0.05) is 10.3 Å². The van der Waals surface area contributed by atoms with Gasteiger partial charge in [-0.15, -0.1) is 11.3 Å². The molecular formula is C24H34O2S. The van der Waals surface area contributed by atoms with E-state index in [0.717, 1.165) is 37.5 Å². The first-order valence-electron chi connectivity index (χ1n) is 11.0. The van der Waals surface area contributed by atoms with E-state index in [0.29, 0.717) is 17.3 Å². The lowest BCUT2D eigenvalue weighted by molar-refractivity contribution is -0.133. The van der Waals surface area contributed by atoms with Gasteiger partial charge in [-0.2, -0.15) is 0 Å². The van der Waals surface area contributed by atoms with Crippen LogP contribution >= 0.6 is 11.3 Å². The SMILES string of the molecule is C[C@]12CC[C@H](O)C[C@@H]1CC[C@@H]1[C@@H]2CC[C@]2(C)[C@H](O)/C(=C/c3cccs3)C[C@@H]12. The second-order valence-electron chi connectivity index (χ2n) is 10.5. The van der Waals surface area contributed by atoms with E-state index in [1.54, 1.807) is 11.3 Å². The minimum Gasteiger partial charge on any atom is -0.393 e. The summed E-state index contributed by atoms with van der Waals surface area (Å²) in [6.45, 7) is 4.91. The van der Waals surface area contributed by atoms with Crippen molar-refractivity contribution < 1.29 is 10.2 Å². The lowest BCUT2D eigenvalue weighted by Crippen LogP contribution is -2.54. The van der Waals surface area contributed by atoms with Crippen LogP contribution in [-0.4, -0.2) is 22.4 Å². The standard InChI is InChI=1S/C24H34O2S/c1-23-9-7-17(25)14-16(23)5-6-19-20(23)8-10-24(2)21(19)13-15(22(24)26)12-18-4-3-11-27-18/h3-4,11-12,16-17,19-22,25-26H,5-10,13-14H2,1-2H3/b15-12+/t16-,17-,19+,20-,21-,22+,23-,24-/m0/s1. The Labute approximate surface area is 167 Å². The van der Waals surface area contributed by atoms with Crippen LogP contribution in [0.1, 0.15) is 70.1 Å². The topological polar surface area (TPSA) is 40.5 Å². The Morgan fingerprint density at radius 1 is 1.04 bits per heavy atom. The molecule has 1 aromatic rings. The van der Waals surface area contributed by atoms with Gasteiger partial charge >= 0.3 is 0 Å². The fraction of sp³-hybridized carbons (Fsp3) is 0.750. The molecule has 0 amide bonds. The van der Waals surface area contributed by atoms with Gasteiger partial charge in [0.1, 0.15) is 0 Å². The van der Waals surface area contributed by atoms with Crippen molar-refractivity contribution in [3.8, 4) is 0 Å². The van der Waals surface area contributed by atoms with Crippen LogP contribution < -0.4 is 0 Å². The molecule has 1 heterocycles. The lowest BCUT2D eigenvalue weighted by Gasteiger charge is -2.60. The summed E-state index contributed by atoms with van der Waals surface area (Å²) < 4.78 is 0. The van der Waals surface area contributed by atoms with E-state index in [4.69, 9.17) is 0 Å². The Bertz CT molecular complexity index is 725. The minimum atomic E-state index is -0.274. The maximum absolute atomic E-state index is 11.3. The van der Waals surface area contributed by atoms with E-state index in [1.807, 2.05) is 0 Å². The van der Waals surface area contributed by atoms with Crippen molar-refractivity contribution in [1.29, 1.82) is 0 Å². The fourth-order valence-corrected chi connectivity index (χ4v) is 8.48. The molecule has 4 aliphatic rings. The van der Waals surface area contributed by atoms with E-state index in [-0.39, 0.29) is 17.6 Å². The minimum absolute atomic E-state index is 0.0572. The van der Waals surface area contributed by atoms with Gasteiger partial charge in [0.15, 0.2) is 0 Å². The number of rotatable bonds is 1. The highest BCUT2D eigenvalue weighted by molar-refractivity contribution is 7.10. The summed E-state index contributed by atoms with van der Waals surface area (Å²) in [4.78, 5) is 1.28. The monoisotopic (exact) mass is 386 g/mol. The van der Waals surface area contributed by atoms with Crippen LogP contribution in [0, 0.1) is 34.5 Å². The summed E-state index contributed by atoms with van der Waals surface area (Å²) in [5.41, 5.74) is 1.74. The summed E-state index contributed by atoms with van der Waals surface area (Å²) in [6, 6.07) is 4.26. The van der Waals surface area contributed by atoms with Gasteiger partial charge in [-0.05, 0) is 104 Å². The molecule has 0 radical (unpaired) electrons. The number of aliphatic hydroxyl groups excluding tert-OH is 2. The quantitative estimate of drug-likeness (QED) is 0.668. The second-order valence-corrected chi connectivity index (χ2v) is 11.5. The third kappa shape index (κ3) is 2.72. The molecule has 0 aromatic carbocycles. The molecule has 4 saturated carbocycles. The van der Waals surface area contributed by atoms with Crippen molar-refractivity contribution in [2.75, 3.05) is 0 Å². The summed E-state index contributed by atoms with van der Waals surface area (Å²) in [5, 5.41) is 23.6. The van der Waals surface area contributed by atoms with Crippen molar-refractivity contribution in [3.05, 3.63) is 28.0 Å². The molecule has 0 spiro atoms. The first kappa shape index (κ1) is 18.4. The van der Waals surface area contributed by atoms with Crippen LogP contribution in [-0.2, 0) is 0 Å². The van der Waals surface area contributed by atoms with E-state index in [1.165, 1.54) is 36.1 Å². The molecule has 148 valence electrons. The zero-order chi connectivity index (χ0) is 18.8. The molecule has 4 aliphatic carbocycles. The highest BCUT2D eigenvalue weighted by Crippen LogP contribution is 2.67.